The van der Waals surface area contributed by atoms with Gasteiger partial charge >= 0.3 is 0 Å². The molecule has 1 atom stereocenters. The van der Waals surface area contributed by atoms with E-state index in [-0.39, 0.29) is 11.7 Å². The van der Waals surface area contributed by atoms with Crippen LogP contribution >= 0.6 is 0 Å². The minimum absolute atomic E-state index is 0.194. The molecule has 4 aromatic rings. The number of carbonyl (C=O) groups excluding carboxylic acids is 1. The Morgan fingerprint density at radius 1 is 1.11 bits per heavy atom. The predicted octanol–water partition coefficient (Wildman–Crippen LogP) is 3.50. The van der Waals surface area contributed by atoms with Gasteiger partial charge in [0.05, 0.1) is 0 Å². The molecule has 28 heavy (non-hydrogen) atoms. The van der Waals surface area contributed by atoms with Crippen molar-refractivity contribution in [3.8, 4) is 11.4 Å². The van der Waals surface area contributed by atoms with E-state index in [1.165, 1.54) is 4.40 Å². The van der Waals surface area contributed by atoms with Crippen LogP contribution in [0.5, 0.6) is 0 Å². The first-order chi connectivity index (χ1) is 13.7. The van der Waals surface area contributed by atoms with Crippen molar-refractivity contribution in [1.29, 1.82) is 0 Å². The number of pyridine rings is 1. The summed E-state index contributed by atoms with van der Waals surface area (Å²) in [4.78, 5) is 23.2. The summed E-state index contributed by atoms with van der Waals surface area (Å²) in [6.45, 7) is 0.486. The average molecular weight is 377 g/mol. The molecule has 0 N–H and O–H groups in total. The molecular formula is C20H16FN5O2. The van der Waals surface area contributed by atoms with E-state index in [9.17, 15) is 9.18 Å². The van der Waals surface area contributed by atoms with Crippen molar-refractivity contribution in [3.05, 3.63) is 72.3 Å². The number of imidazole rings is 1. The molecule has 8 heteroatoms. The van der Waals surface area contributed by atoms with Crippen LogP contribution in [0, 0.1) is 5.95 Å². The third kappa shape index (κ3) is 2.65. The summed E-state index contributed by atoms with van der Waals surface area (Å²) in [6.07, 6.45) is 2.99. The summed E-state index contributed by atoms with van der Waals surface area (Å²) in [5, 5.41) is 4.03. The molecule has 0 bridgehead atoms. The van der Waals surface area contributed by atoms with E-state index in [0.717, 1.165) is 12.0 Å². The average Bonchev–Trinajstić information content (AvgIpc) is 3.47. The van der Waals surface area contributed by atoms with Crippen LogP contribution in [-0.4, -0.2) is 36.9 Å². The fraction of sp³-hybridized carbons (Fsp3) is 0.200. The number of nitrogens with zero attached hydrogens (tertiary/aromatic N) is 5. The number of fused-ring (bicyclic) bond motifs is 1. The van der Waals surface area contributed by atoms with Crippen molar-refractivity contribution in [3.63, 3.8) is 0 Å². The molecule has 1 aliphatic rings. The zero-order valence-electron chi connectivity index (χ0n) is 14.8. The van der Waals surface area contributed by atoms with Gasteiger partial charge in [-0.3, -0.25) is 9.20 Å². The summed E-state index contributed by atoms with van der Waals surface area (Å²) in [5.41, 5.74) is 1.03. The lowest BCUT2D eigenvalue weighted by Gasteiger charge is -2.20. The molecule has 1 saturated heterocycles. The number of carbonyl (C=O) groups is 1. The Morgan fingerprint density at radius 2 is 1.93 bits per heavy atom. The molecular weight excluding hydrogens is 361 g/mol. The van der Waals surface area contributed by atoms with Crippen LogP contribution in [0.25, 0.3) is 17.0 Å². The van der Waals surface area contributed by atoms with E-state index in [1.807, 2.05) is 30.3 Å². The first-order valence-electron chi connectivity index (χ1n) is 9.05. The van der Waals surface area contributed by atoms with Gasteiger partial charge in [0.1, 0.15) is 11.7 Å². The highest BCUT2D eigenvalue weighted by atomic mass is 19.1. The molecule has 140 valence electrons. The molecule has 5 rings (SSSR count). The quantitative estimate of drug-likeness (QED) is 0.546. The number of hydrogen-bond donors (Lipinski definition) is 0. The third-order valence-corrected chi connectivity index (χ3v) is 4.95. The lowest BCUT2D eigenvalue weighted by molar-refractivity contribution is 0.0699. The lowest BCUT2D eigenvalue weighted by Crippen LogP contribution is -2.31. The van der Waals surface area contributed by atoms with E-state index >= 15 is 0 Å². The van der Waals surface area contributed by atoms with Crippen LogP contribution in [0.3, 0.4) is 0 Å². The van der Waals surface area contributed by atoms with Gasteiger partial charge in [0.25, 0.3) is 5.91 Å². The smallest absolute Gasteiger partial charge is 0.277 e. The number of amides is 1. The second kappa shape index (κ2) is 6.56. The Balaban J connectivity index is 1.46. The number of aromatic nitrogens is 4. The molecule has 3 aromatic heterocycles. The topological polar surface area (TPSA) is 76.5 Å². The monoisotopic (exact) mass is 377 g/mol. The van der Waals surface area contributed by atoms with Gasteiger partial charge in [-0.05, 0) is 25.0 Å². The molecule has 1 fully saturated rings. The molecule has 0 aliphatic carbocycles. The van der Waals surface area contributed by atoms with E-state index in [0.29, 0.717) is 30.3 Å². The molecule has 0 saturated carbocycles. The standard InChI is InChI=1S/C20H16FN5O2/c21-17-16(22-15-10-4-5-11-26(15)17)20(27)25-12-6-9-14(25)19-23-18(24-28-19)13-7-2-1-3-8-13/h1-5,7-8,10-11,14H,6,9,12H2/t14-/m0/s1. The fourth-order valence-electron chi connectivity index (χ4n) is 3.58. The highest BCUT2D eigenvalue weighted by Gasteiger charge is 2.37. The summed E-state index contributed by atoms with van der Waals surface area (Å²) in [6, 6.07) is 14.2. The minimum atomic E-state index is -0.665. The molecule has 1 aromatic carbocycles. The molecule has 4 heterocycles. The zero-order valence-corrected chi connectivity index (χ0v) is 14.8. The Hall–Kier alpha value is -3.55. The van der Waals surface area contributed by atoms with Gasteiger partial charge in [-0.2, -0.15) is 9.37 Å². The Kier molecular flexibility index (Phi) is 3.89. The maximum atomic E-state index is 14.7. The summed E-state index contributed by atoms with van der Waals surface area (Å²) in [5.74, 6) is -0.312. The predicted molar refractivity (Wildman–Crippen MR) is 97.9 cm³/mol. The summed E-state index contributed by atoms with van der Waals surface area (Å²) in [7, 11) is 0. The zero-order chi connectivity index (χ0) is 19.1. The van der Waals surface area contributed by atoms with Crippen molar-refractivity contribution in [1.82, 2.24) is 24.4 Å². The van der Waals surface area contributed by atoms with Crippen molar-refractivity contribution < 1.29 is 13.7 Å². The third-order valence-electron chi connectivity index (χ3n) is 4.95. The van der Waals surface area contributed by atoms with Crippen LogP contribution in [0.2, 0.25) is 0 Å². The molecule has 0 spiro atoms. The summed E-state index contributed by atoms with van der Waals surface area (Å²) >= 11 is 0. The second-order valence-electron chi connectivity index (χ2n) is 6.66. The van der Waals surface area contributed by atoms with Crippen LogP contribution < -0.4 is 0 Å². The number of hydrogen-bond acceptors (Lipinski definition) is 5. The fourth-order valence-corrected chi connectivity index (χ4v) is 3.58. The van der Waals surface area contributed by atoms with Gasteiger partial charge in [-0.1, -0.05) is 41.6 Å². The molecule has 0 unspecified atom stereocenters. The molecule has 1 amide bonds. The number of halogens is 1. The SMILES string of the molecule is O=C(c1nc2ccccn2c1F)N1CCC[C@H]1c1nc(-c2ccccc2)no1. The van der Waals surface area contributed by atoms with Crippen LogP contribution in [0.4, 0.5) is 4.39 Å². The van der Waals surface area contributed by atoms with E-state index < -0.39 is 11.9 Å². The Labute approximate surface area is 159 Å². The normalized spacial score (nSPS) is 16.8. The van der Waals surface area contributed by atoms with Gasteiger partial charge in [0.2, 0.25) is 17.7 Å². The number of likely N-dealkylation sites (tertiary alicyclic amines) is 1. The van der Waals surface area contributed by atoms with Crippen LogP contribution in [0.15, 0.2) is 59.3 Å². The van der Waals surface area contributed by atoms with Gasteiger partial charge in [0, 0.05) is 18.3 Å². The van der Waals surface area contributed by atoms with Gasteiger partial charge in [0.15, 0.2) is 5.69 Å². The molecule has 0 radical (unpaired) electrons. The number of benzene rings is 1. The second-order valence-corrected chi connectivity index (χ2v) is 6.66. The summed E-state index contributed by atoms with van der Waals surface area (Å²) < 4.78 is 21.4. The minimum Gasteiger partial charge on any atom is -0.337 e. The van der Waals surface area contributed by atoms with E-state index in [2.05, 4.69) is 15.1 Å². The first kappa shape index (κ1) is 16.6. The Bertz CT molecular complexity index is 1150. The van der Waals surface area contributed by atoms with E-state index in [1.54, 1.807) is 29.3 Å². The van der Waals surface area contributed by atoms with Gasteiger partial charge < -0.3 is 9.42 Å². The van der Waals surface area contributed by atoms with Crippen molar-refractivity contribution in [2.45, 2.75) is 18.9 Å². The highest BCUT2D eigenvalue weighted by molar-refractivity contribution is 5.93. The maximum absolute atomic E-state index is 14.7. The molecule has 1 aliphatic heterocycles. The number of rotatable bonds is 3. The van der Waals surface area contributed by atoms with Gasteiger partial charge in [-0.25, -0.2) is 4.98 Å². The van der Waals surface area contributed by atoms with Crippen LogP contribution in [-0.2, 0) is 0 Å². The molecule has 7 nitrogen and oxygen atoms in total. The lowest BCUT2D eigenvalue weighted by atomic mass is 10.2. The van der Waals surface area contributed by atoms with Gasteiger partial charge in [-0.15, -0.1) is 0 Å². The highest BCUT2D eigenvalue weighted by Crippen LogP contribution is 2.33. The van der Waals surface area contributed by atoms with E-state index in [4.69, 9.17) is 4.52 Å². The largest absolute Gasteiger partial charge is 0.337 e. The van der Waals surface area contributed by atoms with Crippen molar-refractivity contribution in [2.24, 2.45) is 0 Å². The Morgan fingerprint density at radius 3 is 2.75 bits per heavy atom. The van der Waals surface area contributed by atoms with Crippen LogP contribution in [0.1, 0.15) is 35.3 Å². The first-order valence-corrected chi connectivity index (χ1v) is 9.05. The van der Waals surface area contributed by atoms with Crippen molar-refractivity contribution in [2.75, 3.05) is 6.54 Å². The van der Waals surface area contributed by atoms with Crippen molar-refractivity contribution >= 4 is 11.6 Å². The maximum Gasteiger partial charge on any atom is 0.277 e.